The number of amides is 1. The summed E-state index contributed by atoms with van der Waals surface area (Å²) in [5.74, 6) is -0.214. The fourth-order valence-electron chi connectivity index (χ4n) is 3.59. The fourth-order valence-corrected chi connectivity index (χ4v) is 6.14. The van der Waals surface area contributed by atoms with Crippen molar-refractivity contribution in [2.24, 2.45) is 0 Å². The molecule has 1 amide bonds. The first-order valence-corrected chi connectivity index (χ1v) is 12.2. The smallest absolute Gasteiger partial charge is 0.265 e. The molecule has 0 aliphatic carbocycles. The van der Waals surface area contributed by atoms with Crippen LogP contribution in [0.1, 0.15) is 46.3 Å². The van der Waals surface area contributed by atoms with Crippen LogP contribution in [-0.4, -0.2) is 45.8 Å². The van der Waals surface area contributed by atoms with Gasteiger partial charge in [0, 0.05) is 32.1 Å². The molecule has 1 N–H and O–H groups in total. The van der Waals surface area contributed by atoms with Gasteiger partial charge in [-0.25, -0.2) is 8.42 Å². The lowest BCUT2D eigenvalue weighted by molar-refractivity contribution is 0.103. The molecule has 8 heteroatoms. The molecule has 1 saturated heterocycles. The molecule has 2 heterocycles. The summed E-state index contributed by atoms with van der Waals surface area (Å²) in [4.78, 5) is 16.8. The Morgan fingerprint density at radius 3 is 2.45 bits per heavy atom. The van der Waals surface area contributed by atoms with E-state index in [1.54, 1.807) is 22.5 Å². The summed E-state index contributed by atoms with van der Waals surface area (Å²) in [6.45, 7) is 5.17. The van der Waals surface area contributed by atoms with Gasteiger partial charge >= 0.3 is 0 Å². The molecular weight excluding hydrogens is 406 g/mol. The maximum absolute atomic E-state index is 13.1. The van der Waals surface area contributed by atoms with E-state index >= 15 is 0 Å². The van der Waals surface area contributed by atoms with Gasteiger partial charge < -0.3 is 10.2 Å². The molecule has 1 aromatic heterocycles. The summed E-state index contributed by atoms with van der Waals surface area (Å²) in [5, 5.41) is 2.94. The Morgan fingerprint density at radius 1 is 1.17 bits per heavy atom. The first-order chi connectivity index (χ1) is 13.7. The van der Waals surface area contributed by atoms with Gasteiger partial charge in [-0.1, -0.05) is 13.3 Å². The van der Waals surface area contributed by atoms with Crippen molar-refractivity contribution in [1.82, 2.24) is 4.31 Å². The summed E-state index contributed by atoms with van der Waals surface area (Å²) in [6, 6.07) is 6.85. The monoisotopic (exact) mass is 435 g/mol. The summed E-state index contributed by atoms with van der Waals surface area (Å²) >= 11 is 1.48. The van der Waals surface area contributed by atoms with E-state index in [2.05, 4.69) is 12.2 Å². The van der Waals surface area contributed by atoms with E-state index in [4.69, 9.17) is 0 Å². The van der Waals surface area contributed by atoms with Gasteiger partial charge in [-0.15, -0.1) is 11.3 Å². The molecule has 29 heavy (non-hydrogen) atoms. The number of hydrogen-bond acceptors (Lipinski definition) is 5. The fraction of sp³-hybridized carbons (Fsp3) is 0.476. The number of nitrogens with one attached hydrogen (secondary N) is 1. The molecule has 6 nitrogen and oxygen atoms in total. The van der Waals surface area contributed by atoms with Crippen LogP contribution in [0.2, 0.25) is 0 Å². The first-order valence-electron chi connectivity index (χ1n) is 9.96. The molecule has 1 fully saturated rings. The Labute approximate surface area is 177 Å². The van der Waals surface area contributed by atoms with Crippen molar-refractivity contribution in [2.45, 2.75) is 44.4 Å². The Hall–Kier alpha value is -1.90. The molecule has 0 radical (unpaired) electrons. The largest absolute Gasteiger partial charge is 0.376 e. The number of benzene rings is 1. The minimum atomic E-state index is -3.57. The predicted molar refractivity (Wildman–Crippen MR) is 120 cm³/mol. The van der Waals surface area contributed by atoms with Crippen molar-refractivity contribution in [3.8, 4) is 0 Å². The highest BCUT2D eigenvalue weighted by Gasteiger charge is 2.27. The van der Waals surface area contributed by atoms with Crippen molar-refractivity contribution in [3.05, 3.63) is 39.6 Å². The molecule has 158 valence electrons. The van der Waals surface area contributed by atoms with Crippen LogP contribution in [0.4, 0.5) is 11.4 Å². The van der Waals surface area contributed by atoms with Crippen molar-refractivity contribution in [1.29, 1.82) is 0 Å². The van der Waals surface area contributed by atoms with Crippen LogP contribution in [0.3, 0.4) is 0 Å². The van der Waals surface area contributed by atoms with Crippen LogP contribution in [0, 0.1) is 6.92 Å². The quantitative estimate of drug-likeness (QED) is 0.741. The lowest BCUT2D eigenvalue weighted by atomic mass is 10.2. The zero-order valence-electron chi connectivity index (χ0n) is 17.5. The highest BCUT2D eigenvalue weighted by molar-refractivity contribution is 7.89. The zero-order valence-corrected chi connectivity index (χ0v) is 19.1. The molecule has 1 aliphatic heterocycles. The molecule has 0 saturated carbocycles. The van der Waals surface area contributed by atoms with E-state index in [9.17, 15) is 13.2 Å². The number of thiophene rings is 1. The van der Waals surface area contributed by atoms with Crippen LogP contribution >= 0.6 is 11.3 Å². The third-order valence-electron chi connectivity index (χ3n) is 5.22. The minimum Gasteiger partial charge on any atom is -0.376 e. The van der Waals surface area contributed by atoms with Gasteiger partial charge in [0.05, 0.1) is 21.1 Å². The second-order valence-electron chi connectivity index (χ2n) is 7.56. The van der Waals surface area contributed by atoms with Crippen molar-refractivity contribution < 1.29 is 13.2 Å². The Kier molecular flexibility index (Phi) is 6.65. The number of carbonyl (C=O) groups excluding carboxylic acids is 1. The van der Waals surface area contributed by atoms with E-state index in [1.807, 2.05) is 32.0 Å². The average Bonchev–Trinajstić information content (AvgIpc) is 3.09. The van der Waals surface area contributed by atoms with Gasteiger partial charge in [-0.3, -0.25) is 4.79 Å². The molecule has 0 bridgehead atoms. The van der Waals surface area contributed by atoms with Crippen LogP contribution < -0.4 is 10.2 Å². The number of rotatable bonds is 6. The maximum atomic E-state index is 13.1. The standard InChI is InChI=1S/C21H29N3O3S2/c1-5-19-15(2)13-20(28-19)21(25)22-17-14-16(9-10-18(17)23(3)4)29(26,27)24-11-7-6-8-12-24/h9-10,13-14H,5-8,11-12H2,1-4H3,(H,22,25). The zero-order chi connectivity index (χ0) is 21.2. The first kappa shape index (κ1) is 21.8. The van der Waals surface area contributed by atoms with Crippen molar-refractivity contribution in [2.75, 3.05) is 37.4 Å². The second kappa shape index (κ2) is 8.85. The summed E-state index contributed by atoms with van der Waals surface area (Å²) < 4.78 is 27.7. The number of carbonyl (C=O) groups is 1. The van der Waals surface area contributed by atoms with E-state index in [0.29, 0.717) is 23.7 Å². The maximum Gasteiger partial charge on any atom is 0.265 e. The molecular formula is C21H29N3O3S2. The van der Waals surface area contributed by atoms with Crippen LogP contribution in [-0.2, 0) is 16.4 Å². The molecule has 0 spiro atoms. The lowest BCUT2D eigenvalue weighted by Crippen LogP contribution is -2.35. The van der Waals surface area contributed by atoms with E-state index in [1.165, 1.54) is 16.2 Å². The van der Waals surface area contributed by atoms with Gasteiger partial charge in [0.2, 0.25) is 10.0 Å². The number of nitrogens with zero attached hydrogens (tertiary/aromatic N) is 2. The second-order valence-corrected chi connectivity index (χ2v) is 10.6. The third kappa shape index (κ3) is 4.65. The van der Waals surface area contributed by atoms with Gasteiger partial charge in [0.1, 0.15) is 0 Å². The van der Waals surface area contributed by atoms with Gasteiger partial charge in [0.25, 0.3) is 5.91 Å². The Morgan fingerprint density at radius 2 is 1.86 bits per heavy atom. The normalized spacial score (nSPS) is 15.3. The predicted octanol–water partition coefficient (Wildman–Crippen LogP) is 4.11. The number of hydrogen-bond donors (Lipinski definition) is 1. The van der Waals surface area contributed by atoms with Crippen molar-refractivity contribution >= 4 is 38.6 Å². The molecule has 3 rings (SSSR count). The minimum absolute atomic E-state index is 0.214. The highest BCUT2D eigenvalue weighted by atomic mass is 32.2. The van der Waals surface area contributed by atoms with Gasteiger partial charge in [-0.05, 0) is 56.0 Å². The number of piperidine rings is 1. The van der Waals surface area contributed by atoms with Crippen LogP contribution in [0.25, 0.3) is 0 Å². The van der Waals surface area contributed by atoms with Crippen LogP contribution in [0.15, 0.2) is 29.2 Å². The Balaban J connectivity index is 1.93. The number of aryl methyl sites for hydroxylation is 2. The van der Waals surface area contributed by atoms with E-state index < -0.39 is 10.0 Å². The number of anilines is 2. The summed E-state index contributed by atoms with van der Waals surface area (Å²) in [6.07, 6.45) is 3.72. The van der Waals surface area contributed by atoms with E-state index in [-0.39, 0.29) is 10.8 Å². The third-order valence-corrected chi connectivity index (χ3v) is 8.49. The van der Waals surface area contributed by atoms with Gasteiger partial charge in [0.15, 0.2) is 0 Å². The molecule has 0 unspecified atom stereocenters. The molecule has 0 atom stereocenters. The molecule has 1 aromatic carbocycles. The summed E-state index contributed by atoms with van der Waals surface area (Å²) in [7, 11) is 0.171. The summed E-state index contributed by atoms with van der Waals surface area (Å²) in [5.41, 5.74) is 2.37. The highest BCUT2D eigenvalue weighted by Crippen LogP contribution is 2.31. The van der Waals surface area contributed by atoms with Crippen molar-refractivity contribution in [3.63, 3.8) is 0 Å². The molecule has 1 aliphatic rings. The average molecular weight is 436 g/mol. The van der Waals surface area contributed by atoms with Crippen LogP contribution in [0.5, 0.6) is 0 Å². The van der Waals surface area contributed by atoms with E-state index in [0.717, 1.165) is 36.9 Å². The lowest BCUT2D eigenvalue weighted by Gasteiger charge is -2.26. The SMILES string of the molecule is CCc1sc(C(=O)Nc2cc(S(=O)(=O)N3CCCCC3)ccc2N(C)C)cc1C. The molecule has 2 aromatic rings. The number of sulfonamides is 1. The topological polar surface area (TPSA) is 69.7 Å². The Bertz CT molecular complexity index is 991. The van der Waals surface area contributed by atoms with Gasteiger partial charge in [-0.2, -0.15) is 4.31 Å².